The average Bonchev–Trinajstić information content (AvgIpc) is 2.77. The third kappa shape index (κ3) is 1.62. The number of hydrogen-bond acceptors (Lipinski definition) is 3. The number of halogens is 1. The van der Waals surface area contributed by atoms with E-state index in [1.54, 1.807) is 29.5 Å². The smallest absolute Gasteiger partial charge is 0.0790 e. The number of anilines is 1. The van der Waals surface area contributed by atoms with E-state index >= 15 is 0 Å². The van der Waals surface area contributed by atoms with Crippen LogP contribution in [0.5, 0.6) is 0 Å². The first-order valence-electron chi connectivity index (χ1n) is 5.08. The molecular weight excluding hydrogens is 236 g/mol. The molecule has 0 aliphatic heterocycles. The molecule has 1 aromatic carbocycles. The molecule has 5 heteroatoms. The van der Waals surface area contributed by atoms with Crippen LogP contribution in [-0.4, -0.2) is 14.8 Å². The lowest BCUT2D eigenvalue weighted by molar-refractivity contribution is 0.887. The average molecular weight is 245 g/mol. The zero-order valence-electron chi connectivity index (χ0n) is 8.84. The van der Waals surface area contributed by atoms with Gasteiger partial charge in [-0.2, -0.15) is 5.10 Å². The quantitative estimate of drug-likeness (QED) is 0.670. The Morgan fingerprint density at radius 2 is 2.00 bits per heavy atom. The molecule has 84 valence electrons. The first-order valence-corrected chi connectivity index (χ1v) is 5.46. The van der Waals surface area contributed by atoms with Gasteiger partial charge in [0.15, 0.2) is 0 Å². The Morgan fingerprint density at radius 3 is 2.76 bits per heavy atom. The van der Waals surface area contributed by atoms with Gasteiger partial charge in [-0.05, 0) is 18.2 Å². The molecule has 4 nitrogen and oxygen atoms in total. The Kier molecular flexibility index (Phi) is 2.23. The van der Waals surface area contributed by atoms with Crippen molar-refractivity contribution in [1.82, 2.24) is 14.8 Å². The normalized spacial score (nSPS) is 10.9. The molecule has 2 heterocycles. The number of nitrogens with zero attached hydrogens (tertiary/aromatic N) is 3. The number of nitrogen functional groups attached to an aromatic ring is 1. The largest absolute Gasteiger partial charge is 0.398 e. The fraction of sp³-hybridized carbons (Fsp3) is 0. The first-order chi connectivity index (χ1) is 8.25. The van der Waals surface area contributed by atoms with Crippen LogP contribution in [0.4, 0.5) is 5.69 Å². The Hall–Kier alpha value is -2.07. The Balaban J connectivity index is 2.34. The highest BCUT2D eigenvalue weighted by Crippen LogP contribution is 2.26. The standard InChI is InChI=1S/C12H9ClN4/c13-8-5-16-17(7-8)12-2-1-11(14)9-3-4-15-6-10(9)12/h1-7H,14H2. The molecule has 0 unspecified atom stereocenters. The lowest BCUT2D eigenvalue weighted by atomic mass is 10.1. The summed E-state index contributed by atoms with van der Waals surface area (Å²) in [6.45, 7) is 0. The van der Waals surface area contributed by atoms with Crippen molar-refractivity contribution in [3.63, 3.8) is 0 Å². The lowest BCUT2D eigenvalue weighted by Crippen LogP contribution is -1.97. The maximum absolute atomic E-state index is 5.92. The maximum Gasteiger partial charge on any atom is 0.0790 e. The van der Waals surface area contributed by atoms with Gasteiger partial charge >= 0.3 is 0 Å². The molecule has 0 saturated carbocycles. The predicted octanol–water partition coefficient (Wildman–Crippen LogP) is 2.66. The van der Waals surface area contributed by atoms with Gasteiger partial charge < -0.3 is 5.73 Å². The van der Waals surface area contributed by atoms with Gasteiger partial charge in [-0.3, -0.25) is 4.98 Å². The number of aromatic nitrogens is 3. The summed E-state index contributed by atoms with van der Waals surface area (Å²) < 4.78 is 1.71. The molecule has 0 aliphatic carbocycles. The summed E-state index contributed by atoms with van der Waals surface area (Å²) >= 11 is 5.87. The van der Waals surface area contributed by atoms with E-state index in [1.807, 2.05) is 18.2 Å². The fourth-order valence-corrected chi connectivity index (χ4v) is 1.97. The van der Waals surface area contributed by atoms with E-state index in [2.05, 4.69) is 10.1 Å². The van der Waals surface area contributed by atoms with Crippen LogP contribution < -0.4 is 5.73 Å². The summed E-state index contributed by atoms with van der Waals surface area (Å²) in [5, 5.41) is 6.69. The molecular formula is C12H9ClN4. The van der Waals surface area contributed by atoms with Gasteiger partial charge in [-0.1, -0.05) is 11.6 Å². The number of benzene rings is 1. The van der Waals surface area contributed by atoms with E-state index in [9.17, 15) is 0 Å². The van der Waals surface area contributed by atoms with Crippen molar-refractivity contribution in [2.24, 2.45) is 0 Å². The van der Waals surface area contributed by atoms with Gasteiger partial charge in [-0.15, -0.1) is 0 Å². The van der Waals surface area contributed by atoms with Crippen LogP contribution in [0.25, 0.3) is 16.5 Å². The van der Waals surface area contributed by atoms with Crippen LogP contribution in [0.15, 0.2) is 43.0 Å². The molecule has 0 aliphatic rings. The van der Waals surface area contributed by atoms with E-state index in [0.717, 1.165) is 22.1 Å². The number of hydrogen-bond donors (Lipinski definition) is 1. The first kappa shape index (κ1) is 10.1. The number of rotatable bonds is 1. The van der Waals surface area contributed by atoms with Crippen molar-refractivity contribution < 1.29 is 0 Å². The Morgan fingerprint density at radius 1 is 1.12 bits per heavy atom. The molecule has 0 radical (unpaired) electrons. The van der Waals surface area contributed by atoms with Crippen LogP contribution in [-0.2, 0) is 0 Å². The lowest BCUT2D eigenvalue weighted by Gasteiger charge is -2.07. The van der Waals surface area contributed by atoms with Crippen molar-refractivity contribution in [3.05, 3.63) is 48.0 Å². The summed E-state index contributed by atoms with van der Waals surface area (Å²) in [5.41, 5.74) is 7.56. The maximum atomic E-state index is 5.92. The van der Waals surface area contributed by atoms with Gasteiger partial charge in [0.2, 0.25) is 0 Å². The molecule has 0 saturated heterocycles. The molecule has 0 amide bonds. The zero-order valence-corrected chi connectivity index (χ0v) is 9.59. The van der Waals surface area contributed by atoms with Crippen molar-refractivity contribution >= 4 is 28.1 Å². The molecule has 0 spiro atoms. The van der Waals surface area contributed by atoms with Gasteiger partial charge in [0.1, 0.15) is 0 Å². The minimum Gasteiger partial charge on any atom is -0.398 e. The second-order valence-corrected chi connectivity index (χ2v) is 4.13. The fourth-order valence-electron chi connectivity index (χ4n) is 1.83. The molecule has 2 aromatic heterocycles. The predicted molar refractivity (Wildman–Crippen MR) is 68.3 cm³/mol. The summed E-state index contributed by atoms with van der Waals surface area (Å²) in [6, 6.07) is 5.65. The third-order valence-corrected chi connectivity index (χ3v) is 2.82. The summed E-state index contributed by atoms with van der Waals surface area (Å²) in [7, 11) is 0. The SMILES string of the molecule is Nc1ccc(-n2cc(Cl)cn2)c2cnccc12. The van der Waals surface area contributed by atoms with Crippen molar-refractivity contribution in [1.29, 1.82) is 0 Å². The monoisotopic (exact) mass is 244 g/mol. The van der Waals surface area contributed by atoms with Crippen LogP contribution in [0, 0.1) is 0 Å². The van der Waals surface area contributed by atoms with Crippen LogP contribution in [0.3, 0.4) is 0 Å². The van der Waals surface area contributed by atoms with Crippen LogP contribution in [0.1, 0.15) is 0 Å². The molecule has 2 N–H and O–H groups in total. The second-order valence-electron chi connectivity index (χ2n) is 3.70. The second kappa shape index (κ2) is 3.75. The highest BCUT2D eigenvalue weighted by Gasteiger charge is 2.06. The van der Waals surface area contributed by atoms with E-state index in [0.29, 0.717) is 5.02 Å². The zero-order chi connectivity index (χ0) is 11.8. The van der Waals surface area contributed by atoms with Crippen molar-refractivity contribution in [3.8, 4) is 5.69 Å². The Bertz CT molecular complexity index is 690. The highest BCUT2D eigenvalue weighted by atomic mass is 35.5. The third-order valence-electron chi connectivity index (χ3n) is 2.63. The minimum atomic E-state index is 0.596. The van der Waals surface area contributed by atoms with Gasteiger partial charge in [0, 0.05) is 35.1 Å². The van der Waals surface area contributed by atoms with Crippen molar-refractivity contribution in [2.45, 2.75) is 0 Å². The van der Waals surface area contributed by atoms with Crippen molar-refractivity contribution in [2.75, 3.05) is 5.73 Å². The molecule has 0 fully saturated rings. The summed E-state index contributed by atoms with van der Waals surface area (Å²) in [5.74, 6) is 0. The van der Waals surface area contributed by atoms with E-state index in [1.165, 1.54) is 0 Å². The molecule has 0 atom stereocenters. The van der Waals surface area contributed by atoms with Gasteiger partial charge in [-0.25, -0.2) is 4.68 Å². The topological polar surface area (TPSA) is 56.7 Å². The summed E-state index contributed by atoms with van der Waals surface area (Å²) in [6.07, 6.45) is 6.84. The molecule has 3 rings (SSSR count). The van der Waals surface area contributed by atoms with Crippen LogP contribution >= 0.6 is 11.6 Å². The van der Waals surface area contributed by atoms with E-state index < -0.39 is 0 Å². The van der Waals surface area contributed by atoms with Gasteiger partial charge in [0.05, 0.1) is 16.9 Å². The van der Waals surface area contributed by atoms with E-state index in [-0.39, 0.29) is 0 Å². The van der Waals surface area contributed by atoms with Crippen LogP contribution in [0.2, 0.25) is 5.02 Å². The number of fused-ring (bicyclic) bond motifs is 1. The highest BCUT2D eigenvalue weighted by molar-refractivity contribution is 6.30. The summed E-state index contributed by atoms with van der Waals surface area (Å²) in [4.78, 5) is 4.12. The van der Waals surface area contributed by atoms with E-state index in [4.69, 9.17) is 17.3 Å². The molecule has 17 heavy (non-hydrogen) atoms. The minimum absolute atomic E-state index is 0.596. The molecule has 3 aromatic rings. The number of nitrogens with two attached hydrogens (primary N) is 1. The number of pyridine rings is 1. The Labute approximate surface area is 103 Å². The molecule has 0 bridgehead atoms. The van der Waals surface area contributed by atoms with Gasteiger partial charge in [0.25, 0.3) is 0 Å².